The number of amides is 1. The number of carbonyl (C=O) groups excluding carboxylic acids is 1. The van der Waals surface area contributed by atoms with Crippen LogP contribution in [0.4, 0.5) is 4.79 Å². The van der Waals surface area contributed by atoms with E-state index in [2.05, 4.69) is 4.98 Å². The van der Waals surface area contributed by atoms with Crippen molar-refractivity contribution in [2.75, 3.05) is 6.54 Å². The molecular weight excluding hydrogens is 284 g/mol. The second kappa shape index (κ2) is 5.85. The van der Waals surface area contributed by atoms with E-state index in [4.69, 9.17) is 4.74 Å². The fourth-order valence-corrected chi connectivity index (χ4v) is 2.87. The minimum atomic E-state index is -1.20. The van der Waals surface area contributed by atoms with Crippen LogP contribution in [0.25, 0.3) is 0 Å². The minimum Gasteiger partial charge on any atom is -0.444 e. The van der Waals surface area contributed by atoms with Crippen LogP contribution in [0, 0.1) is 0 Å². The number of pyridine rings is 1. The molecule has 0 spiro atoms. The van der Waals surface area contributed by atoms with Crippen molar-refractivity contribution in [3.05, 3.63) is 29.6 Å². The molecule has 2 rings (SSSR count). The number of aliphatic hydroxyl groups excluding tert-OH is 1. The Labute approximate surface area is 130 Å². The standard InChI is InChI=1S/C16H24N2O4/c1-11-7-16(21,13-5-6-17-8-12(13)9-19)10-18(11)14(20)22-15(2,3)4/h5-6,8,11,19,21H,7,9-10H2,1-4H3/t11-,16?/m0/s1. The first-order valence-corrected chi connectivity index (χ1v) is 7.42. The van der Waals surface area contributed by atoms with E-state index in [1.165, 1.54) is 11.1 Å². The third-order valence-electron chi connectivity index (χ3n) is 3.80. The maximum absolute atomic E-state index is 12.3. The first-order valence-electron chi connectivity index (χ1n) is 7.42. The normalized spacial score (nSPS) is 25.4. The molecule has 1 unspecified atom stereocenters. The fraction of sp³-hybridized carbons (Fsp3) is 0.625. The Bertz CT molecular complexity index is 555. The van der Waals surface area contributed by atoms with E-state index in [9.17, 15) is 15.0 Å². The Morgan fingerprint density at radius 3 is 2.82 bits per heavy atom. The average molecular weight is 308 g/mol. The van der Waals surface area contributed by atoms with Gasteiger partial charge < -0.3 is 19.8 Å². The van der Waals surface area contributed by atoms with Crippen LogP contribution in [0.1, 0.15) is 45.2 Å². The van der Waals surface area contributed by atoms with Gasteiger partial charge in [0.15, 0.2) is 0 Å². The number of ether oxygens (including phenoxy) is 1. The number of rotatable bonds is 2. The Morgan fingerprint density at radius 2 is 2.23 bits per heavy atom. The van der Waals surface area contributed by atoms with Gasteiger partial charge in [0.25, 0.3) is 0 Å². The number of hydrogen-bond donors (Lipinski definition) is 2. The zero-order chi connectivity index (χ0) is 16.5. The number of aromatic nitrogens is 1. The number of β-amino-alcohol motifs (C(OH)–C–C–N with tert-alkyl or cyclic N) is 1. The lowest BCUT2D eigenvalue weighted by Crippen LogP contribution is -2.40. The lowest BCUT2D eigenvalue weighted by Gasteiger charge is -2.28. The van der Waals surface area contributed by atoms with Gasteiger partial charge in [-0.2, -0.15) is 0 Å². The van der Waals surface area contributed by atoms with E-state index in [1.54, 1.807) is 12.3 Å². The van der Waals surface area contributed by atoms with Crippen molar-refractivity contribution < 1.29 is 19.7 Å². The summed E-state index contributed by atoms with van der Waals surface area (Å²) in [7, 11) is 0. The van der Waals surface area contributed by atoms with Crippen LogP contribution in [0.3, 0.4) is 0 Å². The Morgan fingerprint density at radius 1 is 1.55 bits per heavy atom. The van der Waals surface area contributed by atoms with Crippen LogP contribution < -0.4 is 0 Å². The molecule has 1 aliphatic heterocycles. The van der Waals surface area contributed by atoms with Gasteiger partial charge in [0.05, 0.1) is 13.2 Å². The van der Waals surface area contributed by atoms with Crippen LogP contribution >= 0.6 is 0 Å². The molecule has 1 amide bonds. The third kappa shape index (κ3) is 3.39. The number of hydrogen-bond acceptors (Lipinski definition) is 5. The van der Waals surface area contributed by atoms with Crippen molar-refractivity contribution in [2.24, 2.45) is 0 Å². The van der Waals surface area contributed by atoms with Crippen molar-refractivity contribution in [1.29, 1.82) is 0 Å². The molecule has 2 atom stereocenters. The summed E-state index contributed by atoms with van der Waals surface area (Å²) >= 11 is 0. The zero-order valence-corrected chi connectivity index (χ0v) is 13.5. The van der Waals surface area contributed by atoms with E-state index in [1.807, 2.05) is 27.7 Å². The van der Waals surface area contributed by atoms with Crippen LogP contribution in [0.2, 0.25) is 0 Å². The SMILES string of the molecule is C[C@H]1CC(O)(c2ccncc2CO)CN1C(=O)OC(C)(C)C. The largest absolute Gasteiger partial charge is 0.444 e. The van der Waals surface area contributed by atoms with Crippen LogP contribution in [0.5, 0.6) is 0 Å². The number of likely N-dealkylation sites (tertiary alicyclic amines) is 1. The first kappa shape index (κ1) is 16.7. The van der Waals surface area contributed by atoms with Gasteiger partial charge in [0.1, 0.15) is 11.2 Å². The van der Waals surface area contributed by atoms with Gasteiger partial charge in [0.2, 0.25) is 0 Å². The summed E-state index contributed by atoms with van der Waals surface area (Å²) in [4.78, 5) is 17.8. The van der Waals surface area contributed by atoms with Gasteiger partial charge in [-0.05, 0) is 39.3 Å². The number of nitrogens with zero attached hydrogens (tertiary/aromatic N) is 2. The lowest BCUT2D eigenvalue weighted by atomic mass is 9.89. The zero-order valence-electron chi connectivity index (χ0n) is 13.5. The molecule has 1 aliphatic rings. The van der Waals surface area contributed by atoms with E-state index < -0.39 is 17.3 Å². The molecule has 0 aromatic carbocycles. The molecule has 122 valence electrons. The molecule has 22 heavy (non-hydrogen) atoms. The highest BCUT2D eigenvalue weighted by Gasteiger charge is 2.46. The summed E-state index contributed by atoms with van der Waals surface area (Å²) in [5, 5.41) is 20.4. The van der Waals surface area contributed by atoms with Crippen LogP contribution in [-0.2, 0) is 16.9 Å². The monoisotopic (exact) mass is 308 g/mol. The quantitative estimate of drug-likeness (QED) is 0.870. The molecule has 1 aromatic heterocycles. The van der Waals surface area contributed by atoms with E-state index in [0.29, 0.717) is 17.5 Å². The molecule has 6 heteroatoms. The van der Waals surface area contributed by atoms with E-state index >= 15 is 0 Å². The highest BCUT2D eigenvalue weighted by Crippen LogP contribution is 2.37. The predicted molar refractivity (Wildman–Crippen MR) is 81.1 cm³/mol. The van der Waals surface area contributed by atoms with Crippen LogP contribution in [0.15, 0.2) is 18.5 Å². The number of carbonyl (C=O) groups is 1. The molecule has 6 nitrogen and oxygen atoms in total. The summed E-state index contributed by atoms with van der Waals surface area (Å²) in [5.74, 6) is 0. The van der Waals surface area contributed by atoms with Crippen molar-refractivity contribution in [1.82, 2.24) is 9.88 Å². The minimum absolute atomic E-state index is 0.139. The second-order valence-electron chi connectivity index (χ2n) is 6.88. The van der Waals surface area contributed by atoms with Crippen LogP contribution in [-0.4, -0.2) is 44.4 Å². The molecule has 0 saturated carbocycles. The summed E-state index contributed by atoms with van der Waals surface area (Å²) in [6, 6.07) is 1.54. The molecule has 0 radical (unpaired) electrons. The second-order valence-corrected chi connectivity index (χ2v) is 6.88. The summed E-state index contributed by atoms with van der Waals surface area (Å²) in [6.07, 6.45) is 3.07. The van der Waals surface area contributed by atoms with Gasteiger partial charge >= 0.3 is 6.09 Å². The van der Waals surface area contributed by atoms with Gasteiger partial charge in [-0.15, -0.1) is 0 Å². The predicted octanol–water partition coefficient (Wildman–Crippen LogP) is 1.79. The topological polar surface area (TPSA) is 82.9 Å². The maximum Gasteiger partial charge on any atom is 0.410 e. The Hall–Kier alpha value is -1.66. The lowest BCUT2D eigenvalue weighted by molar-refractivity contribution is 0.0114. The highest BCUT2D eigenvalue weighted by atomic mass is 16.6. The van der Waals surface area contributed by atoms with Crippen molar-refractivity contribution in [3.8, 4) is 0 Å². The molecule has 1 fully saturated rings. The molecule has 1 aromatic rings. The van der Waals surface area contributed by atoms with E-state index in [-0.39, 0.29) is 19.2 Å². The molecule has 0 bridgehead atoms. The van der Waals surface area contributed by atoms with Gasteiger partial charge in [0, 0.05) is 30.4 Å². The third-order valence-corrected chi connectivity index (χ3v) is 3.80. The summed E-state index contributed by atoms with van der Waals surface area (Å²) in [5.41, 5.74) is -0.590. The first-order chi connectivity index (χ1) is 10.2. The molecular formula is C16H24N2O4. The average Bonchev–Trinajstić information content (AvgIpc) is 2.73. The van der Waals surface area contributed by atoms with Crippen molar-refractivity contribution >= 4 is 6.09 Å². The Balaban J connectivity index is 2.23. The molecule has 2 N–H and O–H groups in total. The fourth-order valence-electron chi connectivity index (χ4n) is 2.87. The molecule has 0 aliphatic carbocycles. The van der Waals surface area contributed by atoms with Crippen molar-refractivity contribution in [3.63, 3.8) is 0 Å². The molecule has 1 saturated heterocycles. The highest BCUT2D eigenvalue weighted by molar-refractivity contribution is 5.69. The van der Waals surface area contributed by atoms with Gasteiger partial charge in [-0.1, -0.05) is 0 Å². The van der Waals surface area contributed by atoms with E-state index in [0.717, 1.165) is 0 Å². The number of aliphatic hydroxyl groups is 2. The Kier molecular flexibility index (Phi) is 4.44. The molecule has 2 heterocycles. The van der Waals surface area contributed by atoms with Gasteiger partial charge in [-0.25, -0.2) is 4.79 Å². The summed E-state index contributed by atoms with van der Waals surface area (Å²) < 4.78 is 5.39. The summed E-state index contributed by atoms with van der Waals surface area (Å²) in [6.45, 7) is 7.24. The maximum atomic E-state index is 12.3. The smallest absolute Gasteiger partial charge is 0.410 e. The van der Waals surface area contributed by atoms with Crippen molar-refractivity contribution in [2.45, 2.75) is 58.0 Å². The van der Waals surface area contributed by atoms with Gasteiger partial charge in [-0.3, -0.25) is 4.98 Å².